The van der Waals surface area contributed by atoms with E-state index in [2.05, 4.69) is 4.99 Å². The number of carbonyl (C=O) groups excluding carboxylic acids is 1. The van der Waals surface area contributed by atoms with Crippen LogP contribution in [0, 0.1) is 0 Å². The van der Waals surface area contributed by atoms with Gasteiger partial charge < -0.3 is 4.90 Å². The van der Waals surface area contributed by atoms with Gasteiger partial charge in [-0.3, -0.25) is 14.2 Å². The maximum atomic E-state index is 12.8. The van der Waals surface area contributed by atoms with Gasteiger partial charge in [0.25, 0.3) is 5.56 Å². The van der Waals surface area contributed by atoms with Crippen LogP contribution in [0.1, 0.15) is 22.8 Å². The molecule has 0 fully saturated rings. The van der Waals surface area contributed by atoms with Crippen molar-refractivity contribution in [3.05, 3.63) is 91.5 Å². The summed E-state index contributed by atoms with van der Waals surface area (Å²) in [4.78, 5) is 31.5. The molecular weight excluding hydrogens is 370 g/mol. The summed E-state index contributed by atoms with van der Waals surface area (Å²) in [6.45, 7) is 2.48. The van der Waals surface area contributed by atoms with Crippen molar-refractivity contribution in [2.75, 3.05) is 11.6 Å². The molecule has 0 bridgehead atoms. The van der Waals surface area contributed by atoms with E-state index in [9.17, 15) is 9.59 Å². The first-order valence-corrected chi connectivity index (χ1v) is 9.77. The number of aromatic nitrogens is 1. The van der Waals surface area contributed by atoms with Crippen LogP contribution in [0.5, 0.6) is 0 Å². The molecule has 28 heavy (non-hydrogen) atoms. The van der Waals surface area contributed by atoms with E-state index in [1.54, 1.807) is 23.6 Å². The predicted molar refractivity (Wildman–Crippen MR) is 113 cm³/mol. The van der Waals surface area contributed by atoms with Gasteiger partial charge in [0.15, 0.2) is 10.6 Å². The average Bonchev–Trinajstić information content (AvgIpc) is 3.04. The maximum absolute atomic E-state index is 12.8. The number of ketones is 1. The van der Waals surface area contributed by atoms with Crippen LogP contribution in [0.4, 0.5) is 5.69 Å². The molecule has 4 rings (SSSR count). The minimum atomic E-state index is -0.0356. The number of nitrogens with zero attached hydrogens (tertiary/aromatic N) is 3. The van der Waals surface area contributed by atoms with Crippen LogP contribution in [0.3, 0.4) is 0 Å². The molecule has 0 amide bonds. The van der Waals surface area contributed by atoms with Crippen LogP contribution in [0.15, 0.2) is 70.5 Å². The lowest BCUT2D eigenvalue weighted by atomic mass is 10.1. The molecule has 0 spiro atoms. The first kappa shape index (κ1) is 18.1. The lowest BCUT2D eigenvalue weighted by Crippen LogP contribution is -2.42. The summed E-state index contributed by atoms with van der Waals surface area (Å²) >= 11 is 1.41. The molecule has 1 aliphatic rings. The Morgan fingerprint density at radius 2 is 1.86 bits per heavy atom. The fraction of sp³-hybridized carbons (Fsp3) is 0.136. The molecular formula is C22H19N3O2S. The van der Waals surface area contributed by atoms with E-state index < -0.39 is 0 Å². The van der Waals surface area contributed by atoms with Crippen LogP contribution < -0.4 is 19.8 Å². The third-order valence-electron chi connectivity index (χ3n) is 4.55. The highest BCUT2D eigenvalue weighted by Gasteiger charge is 2.15. The van der Waals surface area contributed by atoms with Gasteiger partial charge in [0.1, 0.15) is 13.3 Å². The van der Waals surface area contributed by atoms with Gasteiger partial charge in [0.05, 0.1) is 4.53 Å². The third-order valence-corrected chi connectivity index (χ3v) is 5.61. The molecule has 0 atom stereocenters. The SMILES string of the molecule is CC(=O)c1ccc(N2CN=c3sc(=CC=Cc4ccccc4)c(=O)n3C2)cc1. The summed E-state index contributed by atoms with van der Waals surface area (Å²) in [7, 11) is 0. The van der Waals surface area contributed by atoms with E-state index in [1.807, 2.05) is 65.6 Å². The number of hydrogen-bond donors (Lipinski definition) is 0. The molecule has 140 valence electrons. The van der Waals surface area contributed by atoms with Crippen LogP contribution in [-0.4, -0.2) is 17.0 Å². The molecule has 2 heterocycles. The number of anilines is 1. The van der Waals surface area contributed by atoms with E-state index in [0.717, 1.165) is 16.1 Å². The van der Waals surface area contributed by atoms with E-state index in [-0.39, 0.29) is 11.3 Å². The zero-order valence-electron chi connectivity index (χ0n) is 15.4. The van der Waals surface area contributed by atoms with Crippen molar-refractivity contribution in [3.8, 4) is 0 Å². The Labute approximate surface area is 166 Å². The quantitative estimate of drug-likeness (QED) is 0.645. The molecule has 1 aromatic heterocycles. The topological polar surface area (TPSA) is 54.7 Å². The van der Waals surface area contributed by atoms with Gasteiger partial charge in [-0.2, -0.15) is 0 Å². The van der Waals surface area contributed by atoms with Crippen molar-refractivity contribution < 1.29 is 4.79 Å². The third kappa shape index (κ3) is 3.73. The standard InChI is InChI=1S/C22H19N3O2S/c1-16(26)18-10-12-19(13-11-18)24-14-23-22-25(15-24)21(27)20(28-22)9-5-8-17-6-3-2-4-7-17/h2-13H,14-15H2,1H3. The molecule has 0 saturated heterocycles. The Bertz CT molecular complexity index is 1210. The Morgan fingerprint density at radius 1 is 1.11 bits per heavy atom. The summed E-state index contributed by atoms with van der Waals surface area (Å²) < 4.78 is 2.36. The number of carbonyl (C=O) groups is 1. The van der Waals surface area contributed by atoms with E-state index in [4.69, 9.17) is 0 Å². The van der Waals surface area contributed by atoms with Crippen molar-refractivity contribution in [1.82, 2.24) is 4.57 Å². The average molecular weight is 389 g/mol. The Balaban J connectivity index is 1.58. The molecule has 6 heteroatoms. The van der Waals surface area contributed by atoms with Crippen molar-refractivity contribution in [2.45, 2.75) is 13.6 Å². The first-order valence-electron chi connectivity index (χ1n) is 8.95. The lowest BCUT2D eigenvalue weighted by Gasteiger charge is -2.25. The van der Waals surface area contributed by atoms with Crippen LogP contribution in [-0.2, 0) is 6.67 Å². The van der Waals surface area contributed by atoms with Crippen molar-refractivity contribution in [3.63, 3.8) is 0 Å². The highest BCUT2D eigenvalue weighted by Crippen LogP contribution is 2.17. The van der Waals surface area contributed by atoms with E-state index in [0.29, 0.717) is 23.4 Å². The molecule has 0 aliphatic carbocycles. The van der Waals surface area contributed by atoms with Gasteiger partial charge >= 0.3 is 0 Å². The predicted octanol–water partition coefficient (Wildman–Crippen LogP) is 2.66. The fourth-order valence-corrected chi connectivity index (χ4v) is 3.92. The molecule has 0 unspecified atom stereocenters. The monoisotopic (exact) mass is 389 g/mol. The van der Waals surface area contributed by atoms with E-state index in [1.165, 1.54) is 11.3 Å². The fourth-order valence-electron chi connectivity index (χ4n) is 3.01. The Kier molecular flexibility index (Phi) is 5.04. The number of rotatable bonds is 4. The van der Waals surface area contributed by atoms with Crippen molar-refractivity contribution >= 4 is 35.0 Å². The van der Waals surface area contributed by atoms with Gasteiger partial charge in [0.2, 0.25) is 0 Å². The van der Waals surface area contributed by atoms with Gasteiger partial charge in [-0.05, 0) is 42.8 Å². The number of hydrogen-bond acceptors (Lipinski definition) is 5. The number of fused-ring (bicyclic) bond motifs is 1. The zero-order chi connectivity index (χ0) is 19.5. The molecule has 1 aliphatic heterocycles. The molecule has 0 radical (unpaired) electrons. The molecule has 5 nitrogen and oxygen atoms in total. The summed E-state index contributed by atoms with van der Waals surface area (Å²) in [5, 5.41) is 0. The first-order chi connectivity index (χ1) is 13.6. The second-order valence-electron chi connectivity index (χ2n) is 6.50. The number of allylic oxidation sites excluding steroid dienone is 1. The van der Waals surface area contributed by atoms with Gasteiger partial charge in [-0.15, -0.1) is 0 Å². The van der Waals surface area contributed by atoms with E-state index >= 15 is 0 Å². The highest BCUT2D eigenvalue weighted by atomic mass is 32.1. The highest BCUT2D eigenvalue weighted by molar-refractivity contribution is 7.07. The number of thiazole rings is 1. The molecule has 0 saturated carbocycles. The summed E-state index contributed by atoms with van der Waals surface area (Å²) in [6, 6.07) is 17.4. The molecule has 3 aromatic rings. The summed E-state index contributed by atoms with van der Waals surface area (Å²) in [6.07, 6.45) is 5.71. The largest absolute Gasteiger partial charge is 0.334 e. The Hall–Kier alpha value is -3.25. The minimum Gasteiger partial charge on any atom is -0.334 e. The van der Waals surface area contributed by atoms with Crippen LogP contribution in [0.2, 0.25) is 0 Å². The summed E-state index contributed by atoms with van der Waals surface area (Å²) in [5.41, 5.74) is 2.66. The van der Waals surface area contributed by atoms with Gasteiger partial charge in [-0.1, -0.05) is 53.8 Å². The lowest BCUT2D eigenvalue weighted by molar-refractivity contribution is 0.101. The number of benzene rings is 2. The van der Waals surface area contributed by atoms with Crippen molar-refractivity contribution in [1.29, 1.82) is 0 Å². The smallest absolute Gasteiger partial charge is 0.271 e. The van der Waals surface area contributed by atoms with Gasteiger partial charge in [-0.25, -0.2) is 4.99 Å². The normalized spacial score (nSPS) is 14.2. The minimum absolute atomic E-state index is 0.0356. The Morgan fingerprint density at radius 3 is 2.57 bits per heavy atom. The molecule has 2 aromatic carbocycles. The van der Waals surface area contributed by atoms with Gasteiger partial charge in [0, 0.05) is 11.3 Å². The second-order valence-corrected chi connectivity index (χ2v) is 7.51. The number of Topliss-reactive ketones (excluding diaryl/α,β-unsaturated/α-hetero) is 1. The summed E-state index contributed by atoms with van der Waals surface area (Å²) in [5.74, 6) is 0.0370. The zero-order valence-corrected chi connectivity index (χ0v) is 16.2. The van der Waals surface area contributed by atoms with Crippen LogP contribution >= 0.6 is 11.3 Å². The second kappa shape index (κ2) is 7.78. The maximum Gasteiger partial charge on any atom is 0.271 e. The van der Waals surface area contributed by atoms with Crippen LogP contribution in [0.25, 0.3) is 12.2 Å². The van der Waals surface area contributed by atoms with Crippen molar-refractivity contribution in [2.24, 2.45) is 4.99 Å². The molecule has 0 N–H and O–H groups in total.